The van der Waals surface area contributed by atoms with E-state index in [-0.39, 0.29) is 5.91 Å². The van der Waals surface area contributed by atoms with Gasteiger partial charge in [-0.15, -0.1) is 0 Å². The zero-order valence-corrected chi connectivity index (χ0v) is 13.6. The normalized spacial score (nSPS) is 23.1. The standard InChI is InChI=1S/C16H23BrN2O/c1-12-6-3-2-4-9-15(12)18-11-16(20)19-14-8-5-7-13(17)10-14/h5,7-8,10,12,15,18H,2-4,6,9,11H2,1H3,(H,19,20). The highest BCUT2D eigenvalue weighted by Crippen LogP contribution is 2.22. The monoisotopic (exact) mass is 338 g/mol. The summed E-state index contributed by atoms with van der Waals surface area (Å²) in [5.74, 6) is 0.690. The Hall–Kier alpha value is -0.870. The van der Waals surface area contributed by atoms with Crippen LogP contribution < -0.4 is 10.6 Å². The van der Waals surface area contributed by atoms with Crippen LogP contribution in [-0.2, 0) is 4.79 Å². The Bertz CT molecular complexity index is 450. The first-order chi connectivity index (χ1) is 9.65. The molecule has 1 aliphatic rings. The van der Waals surface area contributed by atoms with Gasteiger partial charge in [-0.1, -0.05) is 48.2 Å². The molecule has 2 atom stereocenters. The molecule has 0 bridgehead atoms. The summed E-state index contributed by atoms with van der Waals surface area (Å²) in [6.07, 6.45) is 6.38. The van der Waals surface area contributed by atoms with Gasteiger partial charge in [-0.25, -0.2) is 0 Å². The van der Waals surface area contributed by atoms with E-state index in [9.17, 15) is 4.79 Å². The van der Waals surface area contributed by atoms with E-state index in [1.165, 1.54) is 32.1 Å². The predicted molar refractivity (Wildman–Crippen MR) is 86.8 cm³/mol. The topological polar surface area (TPSA) is 41.1 Å². The van der Waals surface area contributed by atoms with Gasteiger partial charge in [-0.05, 0) is 37.0 Å². The molecule has 0 heterocycles. The van der Waals surface area contributed by atoms with Crippen LogP contribution in [0, 0.1) is 5.92 Å². The van der Waals surface area contributed by atoms with E-state index in [4.69, 9.17) is 0 Å². The fourth-order valence-corrected chi connectivity index (χ4v) is 3.19. The molecule has 0 aromatic heterocycles. The first kappa shape index (κ1) is 15.5. The molecule has 0 saturated heterocycles. The lowest BCUT2D eigenvalue weighted by Gasteiger charge is -2.22. The second-order valence-corrected chi connectivity index (χ2v) is 6.58. The van der Waals surface area contributed by atoms with Crippen molar-refractivity contribution in [1.29, 1.82) is 0 Å². The van der Waals surface area contributed by atoms with Gasteiger partial charge in [0.05, 0.1) is 6.54 Å². The van der Waals surface area contributed by atoms with Crippen LogP contribution in [0.15, 0.2) is 28.7 Å². The van der Waals surface area contributed by atoms with E-state index in [1.54, 1.807) is 0 Å². The average molecular weight is 339 g/mol. The number of amides is 1. The second-order valence-electron chi connectivity index (χ2n) is 5.66. The van der Waals surface area contributed by atoms with E-state index in [1.807, 2.05) is 24.3 Å². The Morgan fingerprint density at radius 3 is 2.90 bits per heavy atom. The number of halogens is 1. The van der Waals surface area contributed by atoms with Crippen molar-refractivity contribution >= 4 is 27.5 Å². The number of benzene rings is 1. The van der Waals surface area contributed by atoms with Crippen molar-refractivity contribution in [3.05, 3.63) is 28.7 Å². The average Bonchev–Trinajstić information content (AvgIpc) is 2.61. The summed E-state index contributed by atoms with van der Waals surface area (Å²) in [5, 5.41) is 6.34. The fourth-order valence-electron chi connectivity index (χ4n) is 2.79. The summed E-state index contributed by atoms with van der Waals surface area (Å²) >= 11 is 3.40. The van der Waals surface area contributed by atoms with Crippen molar-refractivity contribution in [3.63, 3.8) is 0 Å². The summed E-state index contributed by atoms with van der Waals surface area (Å²) in [5.41, 5.74) is 0.833. The Kier molecular flexibility index (Phi) is 6.05. The van der Waals surface area contributed by atoms with Crippen LogP contribution in [-0.4, -0.2) is 18.5 Å². The first-order valence-electron chi connectivity index (χ1n) is 7.44. The number of nitrogens with one attached hydrogen (secondary N) is 2. The Balaban J connectivity index is 1.79. The van der Waals surface area contributed by atoms with Gasteiger partial charge in [-0.2, -0.15) is 0 Å². The van der Waals surface area contributed by atoms with Gasteiger partial charge in [0.2, 0.25) is 5.91 Å². The van der Waals surface area contributed by atoms with Crippen LogP contribution in [0.3, 0.4) is 0 Å². The quantitative estimate of drug-likeness (QED) is 0.816. The summed E-state index contributed by atoms with van der Waals surface area (Å²) in [6, 6.07) is 8.15. The van der Waals surface area contributed by atoms with Crippen LogP contribution in [0.4, 0.5) is 5.69 Å². The number of carbonyl (C=O) groups excluding carboxylic acids is 1. The Labute approximate surface area is 129 Å². The molecule has 3 nitrogen and oxygen atoms in total. The van der Waals surface area contributed by atoms with Crippen LogP contribution in [0.2, 0.25) is 0 Å². The predicted octanol–water partition coefficient (Wildman–Crippen LogP) is 3.95. The highest BCUT2D eigenvalue weighted by atomic mass is 79.9. The van der Waals surface area contributed by atoms with E-state index >= 15 is 0 Å². The molecule has 0 spiro atoms. The largest absolute Gasteiger partial charge is 0.325 e. The van der Waals surface area contributed by atoms with E-state index in [2.05, 4.69) is 33.5 Å². The lowest BCUT2D eigenvalue weighted by molar-refractivity contribution is -0.115. The molecular weight excluding hydrogens is 316 g/mol. The van der Waals surface area contributed by atoms with Crippen LogP contribution in [0.1, 0.15) is 39.0 Å². The van der Waals surface area contributed by atoms with Gasteiger partial charge < -0.3 is 10.6 Å². The zero-order chi connectivity index (χ0) is 14.4. The van der Waals surface area contributed by atoms with Crippen molar-refractivity contribution in [2.24, 2.45) is 5.92 Å². The number of hydrogen-bond donors (Lipinski definition) is 2. The van der Waals surface area contributed by atoms with Gasteiger partial charge in [-0.3, -0.25) is 4.79 Å². The van der Waals surface area contributed by atoms with Crippen molar-refractivity contribution in [3.8, 4) is 0 Å². The molecular formula is C16H23BrN2O. The first-order valence-corrected chi connectivity index (χ1v) is 8.23. The summed E-state index contributed by atoms with van der Waals surface area (Å²) in [6.45, 7) is 2.68. The third-order valence-electron chi connectivity index (χ3n) is 3.99. The number of rotatable bonds is 4. The Morgan fingerprint density at radius 1 is 1.30 bits per heavy atom. The molecule has 0 aliphatic heterocycles. The van der Waals surface area contributed by atoms with Gasteiger partial charge in [0.15, 0.2) is 0 Å². The fraction of sp³-hybridized carbons (Fsp3) is 0.562. The second kappa shape index (κ2) is 7.79. The molecule has 1 saturated carbocycles. The third-order valence-corrected chi connectivity index (χ3v) is 4.49. The summed E-state index contributed by atoms with van der Waals surface area (Å²) in [7, 11) is 0. The number of carbonyl (C=O) groups is 1. The molecule has 1 aromatic carbocycles. The van der Waals surface area contributed by atoms with Crippen molar-refractivity contribution < 1.29 is 4.79 Å². The molecule has 0 radical (unpaired) electrons. The van der Waals surface area contributed by atoms with Crippen LogP contribution in [0.5, 0.6) is 0 Å². The maximum atomic E-state index is 12.0. The molecule has 2 rings (SSSR count). The lowest BCUT2D eigenvalue weighted by atomic mass is 9.97. The zero-order valence-electron chi connectivity index (χ0n) is 12.0. The summed E-state index contributed by atoms with van der Waals surface area (Å²) in [4.78, 5) is 12.0. The molecule has 2 N–H and O–H groups in total. The highest BCUT2D eigenvalue weighted by Gasteiger charge is 2.19. The molecule has 20 heavy (non-hydrogen) atoms. The van der Waals surface area contributed by atoms with Crippen LogP contribution in [0.25, 0.3) is 0 Å². The smallest absolute Gasteiger partial charge is 0.238 e. The molecule has 1 amide bonds. The lowest BCUT2D eigenvalue weighted by Crippen LogP contribution is -2.39. The maximum absolute atomic E-state index is 12.0. The van der Waals surface area contributed by atoms with Crippen molar-refractivity contribution in [2.45, 2.75) is 45.1 Å². The maximum Gasteiger partial charge on any atom is 0.238 e. The minimum absolute atomic E-state index is 0.0274. The molecule has 1 fully saturated rings. The number of hydrogen-bond acceptors (Lipinski definition) is 2. The van der Waals surface area contributed by atoms with Crippen LogP contribution >= 0.6 is 15.9 Å². The number of anilines is 1. The molecule has 4 heteroatoms. The van der Waals surface area contributed by atoms with Crippen molar-refractivity contribution in [1.82, 2.24) is 5.32 Å². The third kappa shape index (κ3) is 4.91. The van der Waals surface area contributed by atoms with Gasteiger partial charge >= 0.3 is 0 Å². The van der Waals surface area contributed by atoms with E-state index < -0.39 is 0 Å². The molecule has 2 unspecified atom stereocenters. The van der Waals surface area contributed by atoms with E-state index in [0.29, 0.717) is 18.5 Å². The Morgan fingerprint density at radius 2 is 2.10 bits per heavy atom. The molecule has 110 valence electrons. The van der Waals surface area contributed by atoms with Crippen molar-refractivity contribution in [2.75, 3.05) is 11.9 Å². The van der Waals surface area contributed by atoms with Gasteiger partial charge in [0.25, 0.3) is 0 Å². The SMILES string of the molecule is CC1CCCCCC1NCC(=O)Nc1cccc(Br)c1. The minimum atomic E-state index is 0.0274. The minimum Gasteiger partial charge on any atom is -0.325 e. The van der Waals surface area contributed by atoms with Gasteiger partial charge in [0.1, 0.15) is 0 Å². The molecule has 1 aliphatic carbocycles. The van der Waals surface area contributed by atoms with Gasteiger partial charge in [0, 0.05) is 16.2 Å². The molecule has 1 aromatic rings. The van der Waals surface area contributed by atoms with E-state index in [0.717, 1.165) is 10.2 Å². The highest BCUT2D eigenvalue weighted by molar-refractivity contribution is 9.10. The summed E-state index contributed by atoms with van der Waals surface area (Å²) < 4.78 is 0.973.